The molecule has 4 atom stereocenters. The highest BCUT2D eigenvalue weighted by Gasteiger charge is 2.36. The molecule has 0 saturated carbocycles. The van der Waals surface area contributed by atoms with Gasteiger partial charge in [0.1, 0.15) is 12.2 Å². The van der Waals surface area contributed by atoms with Crippen LogP contribution in [0, 0.1) is 0 Å². The quantitative estimate of drug-likeness (QED) is 0.132. The number of carbonyl (C=O) groups excluding carboxylic acids is 2. The summed E-state index contributed by atoms with van der Waals surface area (Å²) in [5.41, 5.74) is 0. The minimum Gasteiger partial charge on any atom is -0.456 e. The second-order valence-electron chi connectivity index (χ2n) is 8.24. The highest BCUT2D eigenvalue weighted by atomic mass is 16.6. The predicted molar refractivity (Wildman–Crippen MR) is 121 cm³/mol. The van der Waals surface area contributed by atoms with E-state index in [4.69, 9.17) is 14.6 Å². The van der Waals surface area contributed by atoms with Gasteiger partial charge in [0, 0.05) is 13.0 Å². The highest BCUT2D eigenvalue weighted by molar-refractivity contribution is 5.70. The zero-order valence-corrected chi connectivity index (χ0v) is 19.7. The van der Waals surface area contributed by atoms with Gasteiger partial charge in [0.15, 0.2) is 18.5 Å². The van der Waals surface area contributed by atoms with Crippen molar-refractivity contribution in [3.8, 4) is 0 Å². The largest absolute Gasteiger partial charge is 0.456 e. The molecule has 0 saturated heterocycles. The topological polar surface area (TPSA) is 113 Å². The predicted octanol–water partition coefficient (Wildman–Crippen LogP) is 3.70. The molecule has 31 heavy (non-hydrogen) atoms. The highest BCUT2D eigenvalue weighted by Crippen LogP contribution is 2.15. The first kappa shape index (κ1) is 30.0. The molecule has 0 amide bonds. The Kier molecular flexibility index (Phi) is 20.2. The standard InChI is InChI=1S/C24H46O7/c1-3-5-6-7-8-9-10-11-12-13-14-15-16-17-22(28)31-24(21(19-26)30-4-2)23(29)20(27)18-25/h19-21,23-25,27,29H,3-18H2,1-2H3/t20-,21+,23-,24-/m1/s1. The molecule has 0 aromatic heterocycles. The molecule has 3 N–H and O–H groups in total. The van der Waals surface area contributed by atoms with Crippen LogP contribution in [-0.4, -0.2) is 65.2 Å². The molecular weight excluding hydrogens is 400 g/mol. The number of rotatable bonds is 22. The van der Waals surface area contributed by atoms with Crippen LogP contribution in [0.3, 0.4) is 0 Å². The van der Waals surface area contributed by atoms with Gasteiger partial charge in [0.2, 0.25) is 0 Å². The van der Waals surface area contributed by atoms with Crippen LogP contribution in [-0.2, 0) is 19.1 Å². The minimum absolute atomic E-state index is 0.175. The number of hydrogen-bond acceptors (Lipinski definition) is 7. The third-order valence-corrected chi connectivity index (χ3v) is 5.49. The van der Waals surface area contributed by atoms with Crippen molar-refractivity contribution in [2.75, 3.05) is 13.2 Å². The SMILES string of the molecule is CCCCCCCCCCCCCCCC(=O)O[C@@H]([C@H](O)[C@H](O)CO)[C@H](C=O)OCC. The molecule has 7 heteroatoms. The van der Waals surface area contributed by atoms with E-state index in [9.17, 15) is 19.8 Å². The van der Waals surface area contributed by atoms with Gasteiger partial charge in [-0.1, -0.05) is 84.0 Å². The molecule has 7 nitrogen and oxygen atoms in total. The van der Waals surface area contributed by atoms with Gasteiger partial charge < -0.3 is 29.6 Å². The van der Waals surface area contributed by atoms with Crippen molar-refractivity contribution in [2.24, 2.45) is 0 Å². The first-order chi connectivity index (χ1) is 15.0. The molecular formula is C24H46O7. The molecule has 0 aromatic carbocycles. The van der Waals surface area contributed by atoms with E-state index in [-0.39, 0.29) is 13.0 Å². The molecule has 0 aliphatic rings. The zero-order chi connectivity index (χ0) is 23.3. The lowest BCUT2D eigenvalue weighted by atomic mass is 10.0. The molecule has 0 unspecified atom stereocenters. The normalized spacial score (nSPS) is 15.3. The number of aliphatic hydroxyl groups is 3. The zero-order valence-electron chi connectivity index (χ0n) is 19.7. The van der Waals surface area contributed by atoms with E-state index < -0.39 is 37.0 Å². The Bertz CT molecular complexity index is 430. The summed E-state index contributed by atoms with van der Waals surface area (Å²) in [5, 5.41) is 28.8. The summed E-state index contributed by atoms with van der Waals surface area (Å²) in [6.45, 7) is 3.36. The van der Waals surface area contributed by atoms with Gasteiger partial charge in [-0.15, -0.1) is 0 Å². The fourth-order valence-corrected chi connectivity index (χ4v) is 3.56. The lowest BCUT2D eigenvalue weighted by Gasteiger charge is -2.29. The van der Waals surface area contributed by atoms with Gasteiger partial charge in [-0.05, 0) is 13.3 Å². The van der Waals surface area contributed by atoms with E-state index in [2.05, 4.69) is 6.92 Å². The Labute approximate surface area is 188 Å². The van der Waals surface area contributed by atoms with Gasteiger partial charge in [0.25, 0.3) is 0 Å². The lowest BCUT2D eigenvalue weighted by molar-refractivity contribution is -0.178. The van der Waals surface area contributed by atoms with Crippen LogP contribution in [0.2, 0.25) is 0 Å². The maximum atomic E-state index is 12.1. The van der Waals surface area contributed by atoms with Gasteiger partial charge in [-0.3, -0.25) is 4.79 Å². The van der Waals surface area contributed by atoms with Crippen LogP contribution >= 0.6 is 0 Å². The molecule has 0 aliphatic heterocycles. The lowest BCUT2D eigenvalue weighted by Crippen LogP contribution is -2.49. The van der Waals surface area contributed by atoms with E-state index in [1.54, 1.807) is 6.92 Å². The van der Waals surface area contributed by atoms with Crippen molar-refractivity contribution in [3.05, 3.63) is 0 Å². The van der Waals surface area contributed by atoms with Crippen molar-refractivity contribution in [3.63, 3.8) is 0 Å². The van der Waals surface area contributed by atoms with E-state index in [1.807, 2.05) is 0 Å². The molecule has 0 aromatic rings. The van der Waals surface area contributed by atoms with Crippen LogP contribution in [0.25, 0.3) is 0 Å². The molecule has 184 valence electrons. The third-order valence-electron chi connectivity index (χ3n) is 5.49. The summed E-state index contributed by atoms with van der Waals surface area (Å²) in [5.74, 6) is -0.552. The summed E-state index contributed by atoms with van der Waals surface area (Å²) in [7, 11) is 0. The van der Waals surface area contributed by atoms with Crippen LogP contribution in [0.4, 0.5) is 0 Å². The molecule has 0 aliphatic carbocycles. The number of esters is 1. The molecule has 0 heterocycles. The maximum Gasteiger partial charge on any atom is 0.306 e. The van der Waals surface area contributed by atoms with Gasteiger partial charge in [-0.25, -0.2) is 0 Å². The average molecular weight is 447 g/mol. The van der Waals surface area contributed by atoms with Crippen molar-refractivity contribution in [1.29, 1.82) is 0 Å². The number of aliphatic hydroxyl groups excluding tert-OH is 3. The van der Waals surface area contributed by atoms with Crippen molar-refractivity contribution < 1.29 is 34.4 Å². The van der Waals surface area contributed by atoms with Crippen LogP contribution < -0.4 is 0 Å². The molecule has 0 fully saturated rings. The van der Waals surface area contributed by atoms with Crippen LogP contribution in [0.15, 0.2) is 0 Å². The first-order valence-corrected chi connectivity index (χ1v) is 12.2. The first-order valence-electron chi connectivity index (χ1n) is 12.2. The van der Waals surface area contributed by atoms with E-state index >= 15 is 0 Å². The average Bonchev–Trinajstić information content (AvgIpc) is 2.78. The Balaban J connectivity index is 3.99. The van der Waals surface area contributed by atoms with Gasteiger partial charge in [-0.2, -0.15) is 0 Å². The summed E-state index contributed by atoms with van der Waals surface area (Å²) < 4.78 is 10.4. The summed E-state index contributed by atoms with van der Waals surface area (Å²) >= 11 is 0. The number of hydrogen-bond donors (Lipinski definition) is 3. The number of carbonyl (C=O) groups is 2. The fourth-order valence-electron chi connectivity index (χ4n) is 3.56. The monoisotopic (exact) mass is 446 g/mol. The molecule has 0 spiro atoms. The second kappa shape index (κ2) is 20.9. The van der Waals surface area contributed by atoms with Crippen LogP contribution in [0.1, 0.15) is 104 Å². The Hall–Kier alpha value is -1.02. The summed E-state index contributed by atoms with van der Waals surface area (Å²) in [4.78, 5) is 23.4. The van der Waals surface area contributed by atoms with Crippen LogP contribution in [0.5, 0.6) is 0 Å². The fraction of sp³-hybridized carbons (Fsp3) is 0.917. The number of aldehydes is 1. The second-order valence-corrected chi connectivity index (χ2v) is 8.24. The van der Waals surface area contributed by atoms with Crippen molar-refractivity contribution >= 4 is 12.3 Å². The van der Waals surface area contributed by atoms with E-state index in [0.29, 0.717) is 12.7 Å². The smallest absolute Gasteiger partial charge is 0.306 e. The Morgan fingerprint density at radius 2 is 1.32 bits per heavy atom. The maximum absolute atomic E-state index is 12.1. The van der Waals surface area contributed by atoms with Crippen molar-refractivity contribution in [2.45, 2.75) is 128 Å². The van der Waals surface area contributed by atoms with Crippen molar-refractivity contribution in [1.82, 2.24) is 0 Å². The number of unbranched alkanes of at least 4 members (excludes halogenated alkanes) is 12. The Morgan fingerprint density at radius 1 is 0.839 bits per heavy atom. The van der Waals surface area contributed by atoms with E-state index in [0.717, 1.165) is 19.3 Å². The summed E-state index contributed by atoms with van der Waals surface area (Å²) in [6.07, 6.45) is 10.6. The molecule has 0 bridgehead atoms. The van der Waals surface area contributed by atoms with Gasteiger partial charge in [0.05, 0.1) is 6.61 Å². The molecule has 0 rings (SSSR count). The van der Waals surface area contributed by atoms with E-state index in [1.165, 1.54) is 57.8 Å². The Morgan fingerprint density at radius 3 is 1.74 bits per heavy atom. The third kappa shape index (κ3) is 15.4. The minimum atomic E-state index is -1.61. The van der Waals surface area contributed by atoms with Gasteiger partial charge >= 0.3 is 5.97 Å². The molecule has 0 radical (unpaired) electrons. The summed E-state index contributed by atoms with van der Waals surface area (Å²) in [6, 6.07) is 0. The number of ether oxygens (including phenoxy) is 2.